The zero-order valence-corrected chi connectivity index (χ0v) is 37.1. The molecule has 5 nitrogen and oxygen atoms in total. The van der Waals surface area contributed by atoms with Crippen molar-refractivity contribution in [1.29, 1.82) is 0 Å². The lowest BCUT2D eigenvalue weighted by Crippen LogP contribution is -1.97. The van der Waals surface area contributed by atoms with E-state index in [0.717, 1.165) is 107 Å². The lowest BCUT2D eigenvalue weighted by Gasteiger charge is -2.13. The number of aromatic nitrogens is 4. The van der Waals surface area contributed by atoms with E-state index in [9.17, 15) is 0 Å². The molecule has 61 heavy (non-hydrogen) atoms. The molecule has 0 fully saturated rings. The fourth-order valence-corrected chi connectivity index (χ4v) is 9.09. The van der Waals surface area contributed by atoms with Gasteiger partial charge in [-0.1, -0.05) is 86.2 Å². The second kappa shape index (κ2) is 17.3. The Kier molecular flexibility index (Phi) is 11.0. The summed E-state index contributed by atoms with van der Waals surface area (Å²) in [6, 6.07) is 38.3. The fraction of sp³-hybridized carbons (Fsp3) is 0.164. The average molecular weight is 909 g/mol. The van der Waals surface area contributed by atoms with Gasteiger partial charge in [-0.05, 0) is 168 Å². The Morgan fingerprint density at radius 3 is 1.52 bits per heavy atom. The highest BCUT2D eigenvalue weighted by Crippen LogP contribution is 2.40. The normalized spacial score (nSPS) is 12.0. The van der Waals surface area contributed by atoms with E-state index in [1.807, 2.05) is 12.1 Å². The SMILES string of the molecule is [3H]C#Cc1ccc(-c2c3nc(c(-c4ccc(OCCCCCC)cc4)c4ccc([nH]4)c(-c4ccc(I)cc4)c4nc(c(-c5c(C)cc(C)cc5C)c5ccc2[nH]5)C=C4)C=C3)cc1. The van der Waals surface area contributed by atoms with Crippen molar-refractivity contribution < 1.29 is 6.11 Å². The van der Waals surface area contributed by atoms with Crippen LogP contribution < -0.4 is 4.74 Å². The molecule has 7 aromatic rings. The first-order valence-corrected chi connectivity index (χ1v) is 22.1. The molecule has 3 aromatic heterocycles. The topological polar surface area (TPSA) is 66.6 Å². The molecule has 6 heteroatoms. The van der Waals surface area contributed by atoms with Gasteiger partial charge in [-0.25, -0.2) is 9.97 Å². The van der Waals surface area contributed by atoms with E-state index in [0.29, 0.717) is 6.61 Å². The number of aromatic amines is 2. The summed E-state index contributed by atoms with van der Waals surface area (Å²) in [6.07, 6.45) is 15.5. The van der Waals surface area contributed by atoms with Crippen molar-refractivity contribution in [3.05, 3.63) is 158 Å². The second-order valence-corrected chi connectivity index (χ2v) is 17.2. The molecule has 0 saturated carbocycles. The molecule has 0 atom stereocenters. The average Bonchev–Trinajstić information content (AvgIpc) is 4.12. The molecule has 0 aliphatic carbocycles. The molecular formula is C55H47IN4O. The van der Waals surface area contributed by atoms with Gasteiger partial charge in [-0.3, -0.25) is 0 Å². The number of terminal acetylenes is 1. The molecule has 5 heterocycles. The number of H-pyrrole nitrogens is 2. The molecule has 0 saturated heterocycles. The highest BCUT2D eigenvalue weighted by molar-refractivity contribution is 14.1. The molecule has 2 N–H and O–H groups in total. The third-order valence-electron chi connectivity index (χ3n) is 11.5. The summed E-state index contributed by atoms with van der Waals surface area (Å²) in [7, 11) is 0. The summed E-state index contributed by atoms with van der Waals surface area (Å²) in [5, 5.41) is 0. The number of hydrogen-bond donors (Lipinski definition) is 2. The molecule has 4 aromatic carbocycles. The number of rotatable bonds is 10. The second-order valence-electron chi connectivity index (χ2n) is 15.9. The maximum Gasteiger partial charge on any atom is 0.124 e. The number of ether oxygens (including phenoxy) is 1. The van der Waals surface area contributed by atoms with Gasteiger partial charge in [0.15, 0.2) is 0 Å². The summed E-state index contributed by atoms with van der Waals surface area (Å²) < 4.78 is 14.8. The largest absolute Gasteiger partial charge is 0.494 e. The lowest BCUT2D eigenvalue weighted by molar-refractivity contribution is 0.305. The van der Waals surface area contributed by atoms with Gasteiger partial charge in [-0.15, -0.1) is 6.40 Å². The summed E-state index contributed by atoms with van der Waals surface area (Å²) in [6.45, 7) is 9.46. The Bertz CT molecular complexity index is 3100. The van der Waals surface area contributed by atoms with Gasteiger partial charge in [0.2, 0.25) is 0 Å². The molecule has 9 rings (SSSR count). The number of unbranched alkanes of at least 4 members (excludes halogenated alkanes) is 3. The Morgan fingerprint density at radius 1 is 0.574 bits per heavy atom. The van der Waals surface area contributed by atoms with Crippen LogP contribution in [0.25, 0.3) is 90.9 Å². The number of nitrogens with one attached hydrogen (secondary N) is 2. The number of hydrogen-bond acceptors (Lipinski definition) is 3. The quantitative estimate of drug-likeness (QED) is 0.0816. The minimum Gasteiger partial charge on any atom is -0.494 e. The number of benzene rings is 4. The molecule has 0 spiro atoms. The third kappa shape index (κ3) is 8.11. The van der Waals surface area contributed by atoms with Gasteiger partial charge in [-0.2, -0.15) is 0 Å². The third-order valence-corrected chi connectivity index (χ3v) is 12.3. The molecule has 8 bridgehead atoms. The van der Waals surface area contributed by atoms with E-state index in [1.54, 1.807) is 0 Å². The van der Waals surface area contributed by atoms with Crippen molar-refractivity contribution in [2.45, 2.75) is 53.4 Å². The standard InChI is InChI=1S/C55H47IN4O/c1-6-8-9-10-31-61-42-21-17-40(18-22-42)54-45-25-23-43(57-45)52(38-13-11-37(7-2)12-14-38)47-27-29-49(59-47)55(51-35(4)32-34(3)33-36(51)5)50-30-28-48(60-50)53(44-24-26-46(54)58-44)39-15-19-41(56)20-16-39/h2,11-30,32-33,58-59H,6,8-10,31H2,1,3-5H3/i2T. The van der Waals surface area contributed by atoms with Crippen LogP contribution in [0.2, 0.25) is 0 Å². The molecule has 300 valence electrons. The maximum atomic E-state index is 7.48. The Morgan fingerprint density at radius 2 is 1.03 bits per heavy atom. The summed E-state index contributed by atoms with van der Waals surface area (Å²) in [5.41, 5.74) is 19.9. The van der Waals surface area contributed by atoms with Crippen molar-refractivity contribution in [1.82, 2.24) is 19.9 Å². The van der Waals surface area contributed by atoms with Crippen molar-refractivity contribution in [2.75, 3.05) is 6.61 Å². The number of aryl methyl sites for hydroxylation is 3. The highest BCUT2D eigenvalue weighted by atomic mass is 127. The van der Waals surface area contributed by atoms with Gasteiger partial charge >= 0.3 is 0 Å². The zero-order chi connectivity index (χ0) is 42.7. The van der Waals surface area contributed by atoms with E-state index in [2.05, 4.69) is 194 Å². The van der Waals surface area contributed by atoms with Gasteiger partial charge in [0.05, 0.1) is 29.4 Å². The van der Waals surface area contributed by atoms with Gasteiger partial charge in [0.1, 0.15) is 7.12 Å². The zero-order valence-electron chi connectivity index (χ0n) is 35.9. The Labute approximate surface area is 373 Å². The van der Waals surface area contributed by atoms with Crippen LogP contribution in [0.4, 0.5) is 0 Å². The molecule has 0 radical (unpaired) electrons. The monoisotopic (exact) mass is 908 g/mol. The van der Waals surface area contributed by atoms with E-state index < -0.39 is 0 Å². The van der Waals surface area contributed by atoms with Crippen LogP contribution in [0.1, 0.15) is 79.0 Å². The molecule has 0 unspecified atom stereocenters. The van der Waals surface area contributed by atoms with Crippen molar-refractivity contribution in [3.63, 3.8) is 0 Å². The fourth-order valence-electron chi connectivity index (χ4n) is 8.73. The number of fused-ring (bicyclic) bond motifs is 8. The van der Waals surface area contributed by atoms with Gasteiger partial charge in [0, 0.05) is 53.5 Å². The first kappa shape index (κ1) is 38.8. The van der Waals surface area contributed by atoms with Crippen LogP contribution in [0, 0.1) is 36.7 Å². The van der Waals surface area contributed by atoms with Crippen LogP contribution in [-0.4, -0.2) is 26.5 Å². The van der Waals surface area contributed by atoms with Crippen LogP contribution in [0.3, 0.4) is 0 Å². The molecule has 2 aliphatic heterocycles. The number of halogens is 1. The van der Waals surface area contributed by atoms with E-state index in [4.69, 9.17) is 16.1 Å². The van der Waals surface area contributed by atoms with Gasteiger partial charge in [0.25, 0.3) is 0 Å². The minimum absolute atomic E-state index is 0.706. The smallest absolute Gasteiger partial charge is 0.124 e. The molecule has 2 aliphatic rings. The summed E-state index contributed by atoms with van der Waals surface area (Å²) in [4.78, 5) is 18.7. The van der Waals surface area contributed by atoms with Crippen molar-refractivity contribution in [3.8, 4) is 62.6 Å². The van der Waals surface area contributed by atoms with Crippen LogP contribution in [-0.2, 0) is 0 Å². The van der Waals surface area contributed by atoms with Crippen LogP contribution in [0.15, 0.2) is 109 Å². The van der Waals surface area contributed by atoms with E-state index >= 15 is 0 Å². The summed E-state index contributed by atoms with van der Waals surface area (Å²) >= 11 is 2.37. The molecule has 0 amide bonds. The van der Waals surface area contributed by atoms with Crippen molar-refractivity contribution >= 4 is 69.0 Å². The predicted octanol–water partition coefficient (Wildman–Crippen LogP) is 14.8. The number of nitrogens with zero attached hydrogens (tertiary/aromatic N) is 2. The van der Waals surface area contributed by atoms with Crippen molar-refractivity contribution in [2.24, 2.45) is 0 Å². The van der Waals surface area contributed by atoms with E-state index in [-0.39, 0.29) is 0 Å². The predicted molar refractivity (Wildman–Crippen MR) is 265 cm³/mol. The lowest BCUT2D eigenvalue weighted by atomic mass is 9.92. The minimum atomic E-state index is 0.706. The first-order chi connectivity index (χ1) is 30.3. The maximum absolute atomic E-state index is 7.48. The Balaban J connectivity index is 1.37. The van der Waals surface area contributed by atoms with Crippen LogP contribution >= 0.6 is 22.6 Å². The Hall–Kier alpha value is -6.43. The van der Waals surface area contributed by atoms with E-state index in [1.165, 1.54) is 39.5 Å². The molecular weight excluding hydrogens is 860 g/mol. The first-order valence-electron chi connectivity index (χ1n) is 21.5. The highest BCUT2D eigenvalue weighted by Gasteiger charge is 2.20. The van der Waals surface area contributed by atoms with Gasteiger partial charge < -0.3 is 14.7 Å². The van der Waals surface area contributed by atoms with Crippen LogP contribution in [0.5, 0.6) is 5.75 Å². The summed E-state index contributed by atoms with van der Waals surface area (Å²) in [5.74, 6) is 3.74.